The van der Waals surface area contributed by atoms with Gasteiger partial charge in [-0.3, -0.25) is 4.79 Å². The van der Waals surface area contributed by atoms with Gasteiger partial charge in [-0.15, -0.1) is 0 Å². The van der Waals surface area contributed by atoms with Gasteiger partial charge in [-0.25, -0.2) is 8.42 Å². The summed E-state index contributed by atoms with van der Waals surface area (Å²) in [5.74, 6) is 0.876. The smallest absolute Gasteiger partial charge is 0.220 e. The van der Waals surface area contributed by atoms with Crippen molar-refractivity contribution in [3.8, 4) is 17.0 Å². The number of H-pyrrole nitrogens is 1. The van der Waals surface area contributed by atoms with Gasteiger partial charge in [0.05, 0.1) is 18.6 Å². The second-order valence-corrected chi connectivity index (χ2v) is 9.65. The van der Waals surface area contributed by atoms with Crippen molar-refractivity contribution in [3.05, 3.63) is 54.1 Å². The van der Waals surface area contributed by atoms with Crippen LogP contribution < -0.4 is 10.1 Å². The molecule has 29 heavy (non-hydrogen) atoms. The van der Waals surface area contributed by atoms with Gasteiger partial charge in [0.2, 0.25) is 5.91 Å². The minimum Gasteiger partial charge on any atom is -0.497 e. The van der Waals surface area contributed by atoms with Crippen LogP contribution in [0.15, 0.2) is 48.5 Å². The number of carbonyl (C=O) groups is 1. The van der Waals surface area contributed by atoms with Crippen molar-refractivity contribution in [1.82, 2.24) is 10.3 Å². The third-order valence-electron chi connectivity index (χ3n) is 5.39. The van der Waals surface area contributed by atoms with Gasteiger partial charge in [0.1, 0.15) is 5.75 Å². The van der Waals surface area contributed by atoms with Crippen LogP contribution in [0.1, 0.15) is 18.4 Å². The first kappa shape index (κ1) is 19.5. The lowest BCUT2D eigenvalue weighted by Crippen LogP contribution is -2.35. The van der Waals surface area contributed by atoms with Crippen LogP contribution in [0.25, 0.3) is 22.2 Å². The third-order valence-corrected chi connectivity index (χ3v) is 7.16. The predicted octanol–water partition coefficient (Wildman–Crippen LogP) is 3.08. The van der Waals surface area contributed by atoms with Crippen LogP contribution in [0.3, 0.4) is 0 Å². The van der Waals surface area contributed by atoms with E-state index in [2.05, 4.69) is 16.4 Å². The highest BCUT2D eigenvalue weighted by Crippen LogP contribution is 2.32. The van der Waals surface area contributed by atoms with Crippen molar-refractivity contribution in [2.45, 2.75) is 25.3 Å². The SMILES string of the molecule is COc1ccc(-c2[nH]c3ccccc3c2CCC(=O)NC2CCS(=O)(=O)C2)cc1. The Bertz CT molecular complexity index is 1130. The van der Waals surface area contributed by atoms with E-state index < -0.39 is 9.84 Å². The van der Waals surface area contributed by atoms with Gasteiger partial charge in [-0.05, 0) is 54.3 Å². The average Bonchev–Trinajstić information content (AvgIpc) is 3.25. The third kappa shape index (κ3) is 4.29. The maximum Gasteiger partial charge on any atom is 0.220 e. The van der Waals surface area contributed by atoms with Crippen molar-refractivity contribution >= 4 is 26.6 Å². The number of sulfone groups is 1. The average molecular weight is 413 g/mol. The Morgan fingerprint density at radius 1 is 1.17 bits per heavy atom. The summed E-state index contributed by atoms with van der Waals surface area (Å²) < 4.78 is 28.4. The molecule has 0 spiro atoms. The number of nitrogens with one attached hydrogen (secondary N) is 2. The van der Waals surface area contributed by atoms with Crippen LogP contribution in [0.5, 0.6) is 5.75 Å². The number of carbonyl (C=O) groups excluding carboxylic acids is 1. The van der Waals surface area contributed by atoms with E-state index in [-0.39, 0.29) is 23.5 Å². The number of amides is 1. The van der Waals surface area contributed by atoms with E-state index in [1.807, 2.05) is 42.5 Å². The first-order chi connectivity index (χ1) is 13.9. The van der Waals surface area contributed by atoms with Gasteiger partial charge in [0, 0.05) is 29.1 Å². The lowest BCUT2D eigenvalue weighted by molar-refractivity contribution is -0.121. The van der Waals surface area contributed by atoms with E-state index in [0.29, 0.717) is 19.3 Å². The van der Waals surface area contributed by atoms with E-state index in [1.165, 1.54) is 0 Å². The largest absolute Gasteiger partial charge is 0.497 e. The maximum absolute atomic E-state index is 12.4. The topological polar surface area (TPSA) is 88.3 Å². The lowest BCUT2D eigenvalue weighted by Gasteiger charge is -2.11. The van der Waals surface area contributed by atoms with E-state index in [0.717, 1.165) is 33.5 Å². The molecule has 2 N–H and O–H groups in total. The van der Waals surface area contributed by atoms with Crippen LogP contribution in [-0.2, 0) is 21.1 Å². The van der Waals surface area contributed by atoms with Gasteiger partial charge in [0.25, 0.3) is 0 Å². The van der Waals surface area contributed by atoms with Crippen LogP contribution in [0, 0.1) is 0 Å². The van der Waals surface area contributed by atoms with Gasteiger partial charge >= 0.3 is 0 Å². The Labute approximate surface area is 170 Å². The summed E-state index contributed by atoms with van der Waals surface area (Å²) >= 11 is 0. The number of methoxy groups -OCH3 is 1. The first-order valence-corrected chi connectivity index (χ1v) is 11.5. The molecule has 3 aromatic rings. The Morgan fingerprint density at radius 2 is 1.93 bits per heavy atom. The molecule has 0 aliphatic carbocycles. The highest BCUT2D eigenvalue weighted by molar-refractivity contribution is 7.91. The fourth-order valence-electron chi connectivity index (χ4n) is 3.91. The van der Waals surface area contributed by atoms with Crippen LogP contribution in [-0.4, -0.2) is 44.0 Å². The Kier molecular flexibility index (Phi) is 5.32. The Balaban J connectivity index is 1.55. The number of aryl methyl sites for hydroxylation is 1. The fourth-order valence-corrected chi connectivity index (χ4v) is 5.58. The summed E-state index contributed by atoms with van der Waals surface area (Å²) in [5, 5.41) is 3.97. The number of para-hydroxylation sites is 1. The predicted molar refractivity (Wildman–Crippen MR) is 114 cm³/mol. The molecule has 7 heteroatoms. The molecule has 6 nitrogen and oxygen atoms in total. The van der Waals surface area contributed by atoms with E-state index in [9.17, 15) is 13.2 Å². The molecule has 1 unspecified atom stereocenters. The molecule has 152 valence electrons. The summed E-state index contributed by atoms with van der Waals surface area (Å²) in [6.45, 7) is 0. The summed E-state index contributed by atoms with van der Waals surface area (Å²) in [7, 11) is -1.37. The summed E-state index contributed by atoms with van der Waals surface area (Å²) in [6.07, 6.45) is 1.37. The normalized spacial score (nSPS) is 18.0. The fraction of sp³-hybridized carbons (Fsp3) is 0.318. The second-order valence-electron chi connectivity index (χ2n) is 7.42. The summed E-state index contributed by atoms with van der Waals surface area (Å²) in [5.41, 5.74) is 4.12. The molecule has 2 heterocycles. The number of aromatic amines is 1. The number of benzene rings is 2. The number of hydrogen-bond acceptors (Lipinski definition) is 4. The van der Waals surface area contributed by atoms with Gasteiger partial charge < -0.3 is 15.0 Å². The number of hydrogen-bond donors (Lipinski definition) is 2. The molecule has 0 saturated carbocycles. The molecule has 4 rings (SSSR count). The van der Waals surface area contributed by atoms with Crippen molar-refractivity contribution in [2.75, 3.05) is 18.6 Å². The quantitative estimate of drug-likeness (QED) is 0.651. The monoisotopic (exact) mass is 412 g/mol. The zero-order valence-electron chi connectivity index (χ0n) is 16.3. The summed E-state index contributed by atoms with van der Waals surface area (Å²) in [6, 6.07) is 15.6. The van der Waals surface area contributed by atoms with Gasteiger partial charge in [0.15, 0.2) is 9.84 Å². The Hall–Kier alpha value is -2.80. The molecule has 1 fully saturated rings. The van der Waals surface area contributed by atoms with Crippen LogP contribution in [0.2, 0.25) is 0 Å². The minimum absolute atomic E-state index is 0.0446. The molecule has 1 aromatic heterocycles. The molecular weight excluding hydrogens is 388 g/mol. The van der Waals surface area contributed by atoms with Gasteiger partial charge in [-0.2, -0.15) is 0 Å². The number of rotatable bonds is 6. The molecule has 2 aromatic carbocycles. The highest BCUT2D eigenvalue weighted by atomic mass is 32.2. The second kappa shape index (κ2) is 7.91. The van der Waals surface area contributed by atoms with E-state index in [1.54, 1.807) is 7.11 Å². The lowest BCUT2D eigenvalue weighted by atomic mass is 10.0. The van der Waals surface area contributed by atoms with Crippen LogP contribution in [0.4, 0.5) is 0 Å². The van der Waals surface area contributed by atoms with Crippen molar-refractivity contribution in [3.63, 3.8) is 0 Å². The molecule has 1 aliphatic heterocycles. The number of fused-ring (bicyclic) bond motifs is 1. The van der Waals surface area contributed by atoms with Crippen molar-refractivity contribution < 1.29 is 17.9 Å². The number of ether oxygens (including phenoxy) is 1. The molecule has 0 radical (unpaired) electrons. The zero-order chi connectivity index (χ0) is 20.4. The first-order valence-electron chi connectivity index (χ1n) is 9.69. The molecular formula is C22H24N2O4S. The van der Waals surface area contributed by atoms with E-state index in [4.69, 9.17) is 4.74 Å². The molecule has 1 atom stereocenters. The molecule has 0 bridgehead atoms. The maximum atomic E-state index is 12.4. The molecule has 1 aliphatic rings. The minimum atomic E-state index is -3.01. The highest BCUT2D eigenvalue weighted by Gasteiger charge is 2.28. The zero-order valence-corrected chi connectivity index (χ0v) is 17.1. The standard InChI is InChI=1S/C22H24N2O4S/c1-28-17-8-6-15(7-9-17)22-19(18-4-2-3-5-20(18)24-22)10-11-21(25)23-16-12-13-29(26,27)14-16/h2-9,16,24H,10-14H2,1H3,(H,23,25). The molecule has 1 saturated heterocycles. The summed E-state index contributed by atoms with van der Waals surface area (Å²) in [4.78, 5) is 15.9. The number of aromatic nitrogens is 1. The Morgan fingerprint density at radius 3 is 2.62 bits per heavy atom. The van der Waals surface area contributed by atoms with Crippen molar-refractivity contribution in [1.29, 1.82) is 0 Å². The van der Waals surface area contributed by atoms with Crippen LogP contribution >= 0.6 is 0 Å². The molecule has 1 amide bonds. The van der Waals surface area contributed by atoms with Crippen molar-refractivity contribution in [2.24, 2.45) is 0 Å². The van der Waals surface area contributed by atoms with E-state index >= 15 is 0 Å². The van der Waals surface area contributed by atoms with Gasteiger partial charge in [-0.1, -0.05) is 18.2 Å².